The zero-order valence-corrected chi connectivity index (χ0v) is 13.0. The van der Waals surface area contributed by atoms with Crippen molar-refractivity contribution in [2.24, 2.45) is 4.99 Å². The maximum absolute atomic E-state index is 10.8. The van der Waals surface area contributed by atoms with Gasteiger partial charge in [-0.2, -0.15) is 0 Å². The van der Waals surface area contributed by atoms with Crippen LogP contribution >= 0.6 is 0 Å². The summed E-state index contributed by atoms with van der Waals surface area (Å²) >= 11 is 0. The molecule has 1 aromatic heterocycles. The van der Waals surface area contributed by atoms with Gasteiger partial charge in [0.25, 0.3) is 5.69 Å². The first-order chi connectivity index (χ1) is 11.7. The molecule has 3 rings (SSSR count). The minimum atomic E-state index is -0.431. The molecule has 0 aliphatic heterocycles. The lowest BCUT2D eigenvalue weighted by Gasteiger charge is -2.04. The van der Waals surface area contributed by atoms with Crippen LogP contribution in [0.5, 0.6) is 5.75 Å². The summed E-state index contributed by atoms with van der Waals surface area (Å²) in [6.07, 6.45) is 5.54. The van der Waals surface area contributed by atoms with Gasteiger partial charge in [-0.15, -0.1) is 0 Å². The molecule has 0 spiro atoms. The van der Waals surface area contributed by atoms with Crippen LogP contribution in [0, 0.1) is 10.1 Å². The average molecular weight is 321 g/mol. The van der Waals surface area contributed by atoms with Gasteiger partial charge in [-0.1, -0.05) is 6.07 Å². The van der Waals surface area contributed by atoms with Crippen LogP contribution in [-0.2, 0) is 0 Å². The third-order valence-electron chi connectivity index (χ3n) is 3.49. The second-order valence-electron chi connectivity index (χ2n) is 5.09. The first kappa shape index (κ1) is 15.5. The van der Waals surface area contributed by atoms with Gasteiger partial charge in [0, 0.05) is 42.0 Å². The Labute approximate surface area is 138 Å². The number of nitro groups is 1. The highest BCUT2D eigenvalue weighted by atomic mass is 16.6. The van der Waals surface area contributed by atoms with Gasteiger partial charge in [0.2, 0.25) is 0 Å². The molecule has 0 aliphatic rings. The Morgan fingerprint density at radius 2 is 1.96 bits per heavy atom. The fraction of sp³-hybridized carbons (Fsp3) is 0.0556. The summed E-state index contributed by atoms with van der Waals surface area (Å²) < 4.78 is 7.11. The Morgan fingerprint density at radius 1 is 1.17 bits per heavy atom. The van der Waals surface area contributed by atoms with Crippen molar-refractivity contribution in [3.63, 3.8) is 0 Å². The Balaban J connectivity index is 1.78. The van der Waals surface area contributed by atoms with E-state index in [1.807, 2.05) is 47.3 Å². The molecule has 3 aromatic rings. The smallest absolute Gasteiger partial charge is 0.271 e. The zero-order valence-electron chi connectivity index (χ0n) is 13.0. The van der Waals surface area contributed by atoms with E-state index in [4.69, 9.17) is 4.74 Å². The van der Waals surface area contributed by atoms with Gasteiger partial charge >= 0.3 is 0 Å². The number of aliphatic imine (C=N–C) groups is 1. The molecule has 0 N–H and O–H groups in total. The molecule has 0 atom stereocenters. The summed E-state index contributed by atoms with van der Waals surface area (Å²) in [7, 11) is 1.63. The van der Waals surface area contributed by atoms with Crippen LogP contribution in [-0.4, -0.2) is 22.8 Å². The molecule has 0 unspecified atom stereocenters. The average Bonchev–Trinajstić information content (AvgIpc) is 3.09. The lowest BCUT2D eigenvalue weighted by Crippen LogP contribution is -1.90. The molecule has 0 fully saturated rings. The Morgan fingerprint density at radius 3 is 2.67 bits per heavy atom. The molecule has 2 aromatic carbocycles. The number of benzene rings is 2. The molecule has 0 amide bonds. The number of methoxy groups -OCH3 is 1. The van der Waals surface area contributed by atoms with Gasteiger partial charge in [0.1, 0.15) is 5.75 Å². The predicted octanol–water partition coefficient (Wildman–Crippen LogP) is 4.14. The summed E-state index contributed by atoms with van der Waals surface area (Å²) in [6, 6.07) is 15.9. The first-order valence-electron chi connectivity index (χ1n) is 7.27. The van der Waals surface area contributed by atoms with Gasteiger partial charge in [-0.05, 0) is 36.4 Å². The number of aromatic nitrogens is 1. The molecular formula is C18H15N3O3. The minimum absolute atomic E-state index is 0.0282. The highest BCUT2D eigenvalue weighted by molar-refractivity contribution is 5.82. The van der Waals surface area contributed by atoms with Crippen LogP contribution in [0.25, 0.3) is 5.69 Å². The molecule has 24 heavy (non-hydrogen) atoms. The summed E-state index contributed by atoms with van der Waals surface area (Å²) in [4.78, 5) is 14.6. The molecule has 0 radical (unpaired) electrons. The number of ether oxygens (including phenoxy) is 1. The van der Waals surface area contributed by atoms with Crippen molar-refractivity contribution in [1.82, 2.24) is 4.57 Å². The lowest BCUT2D eigenvalue weighted by molar-refractivity contribution is -0.384. The van der Waals surface area contributed by atoms with E-state index in [0.717, 1.165) is 17.0 Å². The van der Waals surface area contributed by atoms with Gasteiger partial charge in [-0.25, -0.2) is 0 Å². The fourth-order valence-corrected chi connectivity index (χ4v) is 2.24. The number of nitro benzene ring substituents is 1. The van der Waals surface area contributed by atoms with Crippen LogP contribution in [0.4, 0.5) is 11.4 Å². The van der Waals surface area contributed by atoms with E-state index in [9.17, 15) is 10.1 Å². The number of hydrogen-bond donors (Lipinski definition) is 0. The summed E-state index contributed by atoms with van der Waals surface area (Å²) in [5.41, 5.74) is 2.48. The summed E-state index contributed by atoms with van der Waals surface area (Å²) in [5.74, 6) is 0.804. The van der Waals surface area contributed by atoms with Crippen molar-refractivity contribution in [3.8, 4) is 11.4 Å². The minimum Gasteiger partial charge on any atom is -0.497 e. The van der Waals surface area contributed by atoms with Crippen molar-refractivity contribution in [1.29, 1.82) is 0 Å². The van der Waals surface area contributed by atoms with Crippen LogP contribution in [0.2, 0.25) is 0 Å². The van der Waals surface area contributed by atoms with Crippen molar-refractivity contribution < 1.29 is 9.66 Å². The Bertz CT molecular complexity index is 883. The SMILES string of the molecule is COc1ccc(-n2ccc(C=Nc3cccc([N+](=O)[O-])c3)c2)cc1. The molecule has 0 bridgehead atoms. The van der Waals surface area contributed by atoms with Crippen molar-refractivity contribution in [2.45, 2.75) is 0 Å². The van der Waals surface area contributed by atoms with E-state index in [-0.39, 0.29) is 5.69 Å². The standard InChI is InChI=1S/C18H15N3O3/c1-24-18-7-5-16(6-8-18)20-10-9-14(13-20)12-19-15-3-2-4-17(11-15)21(22)23/h2-13H,1H3. The van der Waals surface area contributed by atoms with E-state index in [2.05, 4.69) is 4.99 Å². The number of hydrogen-bond acceptors (Lipinski definition) is 4. The maximum Gasteiger partial charge on any atom is 0.271 e. The van der Waals surface area contributed by atoms with Crippen LogP contribution in [0.1, 0.15) is 5.56 Å². The third kappa shape index (κ3) is 3.49. The molecule has 0 aliphatic carbocycles. The van der Waals surface area contributed by atoms with E-state index in [1.54, 1.807) is 25.5 Å². The molecule has 1 heterocycles. The third-order valence-corrected chi connectivity index (χ3v) is 3.49. The van der Waals surface area contributed by atoms with Crippen LogP contribution in [0.3, 0.4) is 0 Å². The topological polar surface area (TPSA) is 69.7 Å². The number of non-ortho nitro benzene ring substituents is 1. The molecule has 0 saturated heterocycles. The van der Waals surface area contributed by atoms with Crippen molar-refractivity contribution in [3.05, 3.63) is 82.7 Å². The van der Waals surface area contributed by atoms with Crippen LogP contribution < -0.4 is 4.74 Å². The highest BCUT2D eigenvalue weighted by Gasteiger charge is 2.04. The van der Waals surface area contributed by atoms with Gasteiger partial charge < -0.3 is 9.30 Å². The van der Waals surface area contributed by atoms with Crippen molar-refractivity contribution in [2.75, 3.05) is 7.11 Å². The molecule has 6 heteroatoms. The molecule has 0 saturated carbocycles. The van der Waals surface area contributed by atoms with E-state index in [1.165, 1.54) is 12.1 Å². The first-order valence-corrected chi connectivity index (χ1v) is 7.27. The fourth-order valence-electron chi connectivity index (χ4n) is 2.24. The number of nitrogens with zero attached hydrogens (tertiary/aromatic N) is 3. The molecular weight excluding hydrogens is 306 g/mol. The Hall–Kier alpha value is -3.41. The molecule has 6 nitrogen and oxygen atoms in total. The van der Waals surface area contributed by atoms with E-state index in [0.29, 0.717) is 5.69 Å². The summed E-state index contributed by atoms with van der Waals surface area (Å²) in [6.45, 7) is 0. The van der Waals surface area contributed by atoms with Crippen molar-refractivity contribution >= 4 is 17.6 Å². The second kappa shape index (κ2) is 6.78. The zero-order chi connectivity index (χ0) is 16.9. The van der Waals surface area contributed by atoms with Gasteiger partial charge in [0.05, 0.1) is 17.7 Å². The van der Waals surface area contributed by atoms with Crippen LogP contribution in [0.15, 0.2) is 72.0 Å². The van der Waals surface area contributed by atoms with Gasteiger partial charge in [0.15, 0.2) is 0 Å². The second-order valence-corrected chi connectivity index (χ2v) is 5.09. The van der Waals surface area contributed by atoms with Gasteiger partial charge in [-0.3, -0.25) is 15.1 Å². The Kier molecular flexibility index (Phi) is 4.38. The largest absolute Gasteiger partial charge is 0.497 e. The lowest BCUT2D eigenvalue weighted by atomic mass is 10.3. The van der Waals surface area contributed by atoms with E-state index >= 15 is 0 Å². The molecule has 120 valence electrons. The van der Waals surface area contributed by atoms with E-state index < -0.39 is 4.92 Å². The quantitative estimate of drug-likeness (QED) is 0.403. The number of rotatable bonds is 5. The maximum atomic E-state index is 10.8. The highest BCUT2D eigenvalue weighted by Crippen LogP contribution is 2.20. The monoisotopic (exact) mass is 321 g/mol. The predicted molar refractivity (Wildman–Crippen MR) is 92.7 cm³/mol. The normalized spacial score (nSPS) is 10.9. The summed E-state index contributed by atoms with van der Waals surface area (Å²) in [5, 5.41) is 10.8.